The molecule has 0 amide bonds. The van der Waals surface area contributed by atoms with Gasteiger partial charge in [-0.05, 0) is 142 Å². The Bertz CT molecular complexity index is 2830. The summed E-state index contributed by atoms with van der Waals surface area (Å²) < 4.78 is 21.1. The summed E-state index contributed by atoms with van der Waals surface area (Å²) in [7, 11) is 0. The standard InChI is InChI=1S/C54H64N4O10/c1-4-39(54(65)16-5-6-17-54)52(64)67-42-22-37-47(63)45-41(62)21-30(24-59)66-49(45)46-43-35-15-18-56-50(55)44(35)33(12-9-27-8-10-29(61)20-36(27)38(43)25-60)32-14-13-31-28(19-40(32)53(42,3)68-48(37)46)23-57-51-34(31)11-7-26(2)58-51/h4,8,10,15,20-21,23,26,32-33,38,40,42-43,51,56-61,63,65H,5-7,9,11-14,16-19,22,24-25,55H2,1-3H3/b39-4+/t26-,32-,33-,38-,40-,42+,43-,51?,53-/m0/s1. The Morgan fingerprint density at radius 2 is 1.87 bits per heavy atom. The van der Waals surface area contributed by atoms with Crippen LogP contribution in [0, 0.1) is 17.8 Å². The molecule has 14 nitrogen and oxygen atoms in total. The largest absolute Gasteiger partial charge is 0.508 e. The predicted octanol–water partition coefficient (Wildman–Crippen LogP) is 5.99. The van der Waals surface area contributed by atoms with E-state index in [4.69, 9.17) is 19.6 Å². The zero-order chi connectivity index (χ0) is 47.4. The molecule has 3 aromatic rings. The predicted molar refractivity (Wildman–Crippen MR) is 254 cm³/mol. The maximum absolute atomic E-state index is 14.9. The third kappa shape index (κ3) is 6.94. The number of nitrogens with two attached hydrogens (primary N) is 1. The van der Waals surface area contributed by atoms with Gasteiger partial charge in [-0.15, -0.1) is 0 Å². The number of carbonyl (C=O) groups is 1. The van der Waals surface area contributed by atoms with Crippen LogP contribution in [0.4, 0.5) is 0 Å². The van der Waals surface area contributed by atoms with E-state index >= 15 is 0 Å². The first kappa shape index (κ1) is 44.9. The van der Waals surface area contributed by atoms with Crippen molar-refractivity contribution in [3.63, 3.8) is 0 Å². The van der Waals surface area contributed by atoms with Gasteiger partial charge in [0.25, 0.3) is 0 Å². The number of aliphatic hydroxyl groups excluding tert-OH is 2. The van der Waals surface area contributed by atoms with Crippen molar-refractivity contribution in [1.29, 1.82) is 0 Å². The number of aliphatic hydroxyl groups is 3. The molecule has 10 N–H and O–H groups in total. The summed E-state index contributed by atoms with van der Waals surface area (Å²) >= 11 is 0. The normalized spacial score (nSPS) is 31.6. The number of esters is 1. The minimum absolute atomic E-state index is 0.00261. The number of allylic oxidation sites excluding steroid dienone is 5. The second kappa shape index (κ2) is 16.9. The smallest absolute Gasteiger partial charge is 0.337 e. The first-order valence-corrected chi connectivity index (χ1v) is 24.8. The van der Waals surface area contributed by atoms with Crippen LogP contribution in [-0.2, 0) is 29.0 Å². The lowest BCUT2D eigenvalue weighted by atomic mass is 9.61. The third-order valence-electron chi connectivity index (χ3n) is 17.3. The Morgan fingerprint density at radius 3 is 2.63 bits per heavy atom. The molecule has 6 heterocycles. The first-order chi connectivity index (χ1) is 32.8. The number of hydrogen-bond donors (Lipinski definition) is 9. The fourth-order valence-corrected chi connectivity index (χ4v) is 14.1. The molecule has 14 heteroatoms. The van der Waals surface area contributed by atoms with E-state index in [1.54, 1.807) is 25.1 Å². The summed E-state index contributed by atoms with van der Waals surface area (Å²) in [5.74, 6) is -2.62. The highest BCUT2D eigenvalue weighted by Crippen LogP contribution is 2.61. The number of hydrogen-bond acceptors (Lipinski definition) is 14. The van der Waals surface area contributed by atoms with Crippen molar-refractivity contribution in [3.8, 4) is 17.2 Å². The van der Waals surface area contributed by atoms with Crippen LogP contribution in [0.15, 0.2) is 91.1 Å². The van der Waals surface area contributed by atoms with Crippen LogP contribution in [0.2, 0.25) is 0 Å². The molecule has 4 bridgehead atoms. The fraction of sp³-hybridized carbons (Fsp3) is 0.519. The molecule has 0 radical (unpaired) electrons. The van der Waals surface area contributed by atoms with Crippen molar-refractivity contribution in [3.05, 3.63) is 120 Å². The molecule has 360 valence electrons. The van der Waals surface area contributed by atoms with E-state index in [1.165, 1.54) is 11.1 Å². The Morgan fingerprint density at radius 1 is 1.06 bits per heavy atom. The van der Waals surface area contributed by atoms with E-state index < -0.39 is 53.8 Å². The van der Waals surface area contributed by atoms with Gasteiger partial charge in [-0.25, -0.2) is 4.79 Å². The summed E-state index contributed by atoms with van der Waals surface area (Å²) in [5, 5.41) is 68.9. The van der Waals surface area contributed by atoms with Gasteiger partial charge < -0.3 is 55.8 Å². The molecule has 3 aliphatic carbocycles. The lowest BCUT2D eigenvalue weighted by Crippen LogP contribution is -2.59. The van der Waals surface area contributed by atoms with Crippen molar-refractivity contribution in [2.75, 3.05) is 13.2 Å². The van der Waals surface area contributed by atoms with Crippen molar-refractivity contribution < 1.29 is 44.2 Å². The Hall–Kier alpha value is -5.54. The highest BCUT2D eigenvalue weighted by Gasteiger charge is 2.58. The van der Waals surface area contributed by atoms with Crippen molar-refractivity contribution in [2.24, 2.45) is 23.5 Å². The number of nitrogens with one attached hydrogen (secondary N) is 3. The Labute approximate surface area is 395 Å². The minimum atomic E-state index is -1.35. The van der Waals surface area contributed by atoms with Crippen LogP contribution in [0.5, 0.6) is 17.2 Å². The molecule has 2 saturated carbocycles. The molecule has 9 atom stereocenters. The molecular formula is C54H64N4O10. The number of benzene rings is 2. The van der Waals surface area contributed by atoms with Gasteiger partial charge in [-0.1, -0.05) is 31.1 Å². The van der Waals surface area contributed by atoms with Gasteiger partial charge >= 0.3 is 5.97 Å². The maximum atomic E-state index is 14.9. The number of phenols is 2. The second-order valence-electron chi connectivity index (χ2n) is 20.9. The SMILES string of the molecule is C/C=C(\C(=O)O[C@@H]1Cc2c3c(c4oc(CO)cc(=O)c4c2O)[C@H]2C4=CCNC(N)=C4[C@@H](CCc4ccc(O)cc4[C@@H]2CO)[C@@H]2CCC4=C5CC[C@H](C)NC5NC=C4C[C@@H]2[C@]1(C)O3)C1(O)CCCC1. The van der Waals surface area contributed by atoms with Crippen LogP contribution in [0.1, 0.15) is 125 Å². The van der Waals surface area contributed by atoms with E-state index in [2.05, 4.69) is 35.2 Å². The number of fused-ring (bicyclic) bond motifs is 10. The molecule has 0 spiro atoms. The Kier molecular flexibility index (Phi) is 11.1. The molecule has 3 fully saturated rings. The minimum Gasteiger partial charge on any atom is -0.508 e. The van der Waals surface area contributed by atoms with Gasteiger partial charge in [0.05, 0.1) is 23.9 Å². The monoisotopic (exact) mass is 928 g/mol. The zero-order valence-electron chi connectivity index (χ0n) is 39.1. The topological polar surface area (TPSA) is 229 Å². The summed E-state index contributed by atoms with van der Waals surface area (Å²) in [5.41, 5.74) is 12.1. The molecular weight excluding hydrogens is 865 g/mol. The number of ether oxygens (including phenoxy) is 2. The van der Waals surface area contributed by atoms with E-state index in [0.29, 0.717) is 56.1 Å². The van der Waals surface area contributed by atoms with Gasteiger partial charge in [0, 0.05) is 60.2 Å². The molecule has 1 unspecified atom stereocenters. The van der Waals surface area contributed by atoms with Crippen LogP contribution in [0.25, 0.3) is 11.0 Å². The van der Waals surface area contributed by atoms with Crippen molar-refractivity contribution >= 4 is 16.9 Å². The highest BCUT2D eigenvalue weighted by atomic mass is 16.6. The number of aromatic hydroxyl groups is 2. The van der Waals surface area contributed by atoms with Crippen LogP contribution in [0.3, 0.4) is 0 Å². The average Bonchev–Trinajstić information content (AvgIpc) is 3.68. The van der Waals surface area contributed by atoms with Gasteiger partial charge in [0.1, 0.15) is 58.1 Å². The van der Waals surface area contributed by atoms with Crippen molar-refractivity contribution in [1.82, 2.24) is 16.0 Å². The van der Waals surface area contributed by atoms with E-state index in [1.807, 2.05) is 13.0 Å². The lowest BCUT2D eigenvalue weighted by molar-refractivity contribution is -0.171. The fourth-order valence-electron chi connectivity index (χ4n) is 14.1. The Balaban J connectivity index is 1.23. The molecule has 1 aromatic heterocycles. The maximum Gasteiger partial charge on any atom is 0.337 e. The third-order valence-corrected chi connectivity index (χ3v) is 17.3. The molecule has 1 saturated heterocycles. The number of phenolic OH excluding ortho intramolecular Hbond substituents is 2. The van der Waals surface area contributed by atoms with Crippen LogP contribution in [-0.4, -0.2) is 74.2 Å². The first-order valence-electron chi connectivity index (χ1n) is 24.8. The number of piperidine rings is 1. The second-order valence-corrected chi connectivity index (χ2v) is 20.9. The van der Waals surface area contributed by atoms with Gasteiger partial charge in [-0.3, -0.25) is 10.1 Å². The van der Waals surface area contributed by atoms with Crippen LogP contribution >= 0.6 is 0 Å². The molecule has 11 rings (SSSR count). The van der Waals surface area contributed by atoms with E-state index in [0.717, 1.165) is 72.4 Å². The van der Waals surface area contributed by atoms with Gasteiger partial charge in [0.15, 0.2) is 5.43 Å². The van der Waals surface area contributed by atoms with Crippen molar-refractivity contribution in [2.45, 2.75) is 146 Å². The summed E-state index contributed by atoms with van der Waals surface area (Å²) in [6, 6.07) is 6.83. The molecule has 8 aliphatic rings. The quantitative estimate of drug-likeness (QED) is 0.106. The lowest BCUT2D eigenvalue weighted by Gasteiger charge is -2.52. The van der Waals surface area contributed by atoms with Crippen LogP contribution < -0.4 is 31.8 Å². The zero-order valence-corrected chi connectivity index (χ0v) is 39.1. The summed E-state index contributed by atoms with van der Waals surface area (Å²) in [4.78, 5) is 29.3. The average molecular weight is 929 g/mol. The number of rotatable bonds is 5. The number of carbonyl (C=O) groups excluding carboxylic acids is 1. The number of aryl methyl sites for hydroxylation is 1. The molecule has 5 aliphatic heterocycles. The molecule has 2 aromatic carbocycles. The summed E-state index contributed by atoms with van der Waals surface area (Å²) in [6.45, 7) is 5.34. The van der Waals surface area contributed by atoms with E-state index in [-0.39, 0.29) is 75.5 Å². The molecule has 68 heavy (non-hydrogen) atoms. The van der Waals surface area contributed by atoms with E-state index in [9.17, 15) is 35.1 Å². The summed E-state index contributed by atoms with van der Waals surface area (Å²) in [6.07, 6.45) is 12.5. The van der Waals surface area contributed by atoms with Gasteiger partial charge in [-0.2, -0.15) is 0 Å². The van der Waals surface area contributed by atoms with Gasteiger partial charge in [0.2, 0.25) is 0 Å². The number of dihydropyridines is 2. The highest BCUT2D eigenvalue weighted by molar-refractivity contribution is 5.93.